The zero-order valence-corrected chi connectivity index (χ0v) is 9.69. The summed E-state index contributed by atoms with van der Waals surface area (Å²) >= 11 is 0. The summed E-state index contributed by atoms with van der Waals surface area (Å²) in [6.45, 7) is 3.78. The highest BCUT2D eigenvalue weighted by molar-refractivity contribution is 5.92. The van der Waals surface area contributed by atoms with E-state index in [1.54, 1.807) is 13.8 Å². The normalized spacial score (nSPS) is 12.1. The Kier molecular flexibility index (Phi) is 4.08. The average Bonchev–Trinajstić information content (AvgIpc) is 2.64. The summed E-state index contributed by atoms with van der Waals surface area (Å²) in [6.07, 6.45) is 1.15. The Morgan fingerprint density at radius 2 is 2.18 bits per heavy atom. The summed E-state index contributed by atoms with van der Waals surface area (Å²) < 4.78 is 0. The maximum absolute atomic E-state index is 12.0. The van der Waals surface area contributed by atoms with E-state index < -0.39 is 17.7 Å². The molecule has 1 aromatic heterocycles. The van der Waals surface area contributed by atoms with Gasteiger partial charge in [0.1, 0.15) is 5.69 Å². The molecule has 7 nitrogen and oxygen atoms in total. The molecule has 1 rings (SSSR count). The second-order valence-corrected chi connectivity index (χ2v) is 3.69. The van der Waals surface area contributed by atoms with Crippen molar-refractivity contribution < 1.29 is 14.7 Å². The number of carbonyl (C=O) groups excluding carboxylic acids is 1. The van der Waals surface area contributed by atoms with Crippen LogP contribution in [0.4, 0.5) is 0 Å². The molecule has 0 saturated heterocycles. The van der Waals surface area contributed by atoms with Gasteiger partial charge in [0.05, 0.1) is 6.42 Å². The highest BCUT2D eigenvalue weighted by atomic mass is 16.4. The number of rotatable bonds is 5. The molecule has 3 N–H and O–H groups in total. The first-order chi connectivity index (χ1) is 7.95. The summed E-state index contributed by atoms with van der Waals surface area (Å²) in [4.78, 5) is 39.5. The second kappa shape index (κ2) is 5.33. The molecule has 17 heavy (non-hydrogen) atoms. The van der Waals surface area contributed by atoms with Crippen molar-refractivity contribution in [1.82, 2.24) is 14.9 Å². The van der Waals surface area contributed by atoms with E-state index in [1.807, 2.05) is 0 Å². The summed E-state index contributed by atoms with van der Waals surface area (Å²) in [6, 6.07) is -0.427. The van der Waals surface area contributed by atoms with E-state index in [9.17, 15) is 14.4 Å². The first-order valence-corrected chi connectivity index (χ1v) is 5.26. The summed E-state index contributed by atoms with van der Waals surface area (Å²) in [5, 5.41) is 8.68. The van der Waals surface area contributed by atoms with Gasteiger partial charge >= 0.3 is 11.7 Å². The number of carboxylic acid groups (broad SMARTS) is 1. The van der Waals surface area contributed by atoms with Crippen LogP contribution in [0.3, 0.4) is 0 Å². The van der Waals surface area contributed by atoms with Gasteiger partial charge in [0.2, 0.25) is 0 Å². The van der Waals surface area contributed by atoms with Crippen LogP contribution in [-0.2, 0) is 4.79 Å². The third kappa shape index (κ3) is 3.20. The van der Waals surface area contributed by atoms with E-state index in [0.717, 1.165) is 0 Å². The van der Waals surface area contributed by atoms with Crippen molar-refractivity contribution in [2.45, 2.75) is 26.3 Å². The Hall–Kier alpha value is -2.05. The molecule has 7 heteroatoms. The van der Waals surface area contributed by atoms with Gasteiger partial charge in [-0.05, 0) is 13.8 Å². The topological polar surface area (TPSA) is 106 Å². The molecule has 0 radical (unpaired) electrons. The van der Waals surface area contributed by atoms with Crippen LogP contribution in [0.15, 0.2) is 11.0 Å². The fraction of sp³-hybridized carbons (Fsp3) is 0.500. The first-order valence-electron chi connectivity index (χ1n) is 5.26. The molecule has 0 aliphatic carbocycles. The lowest BCUT2D eigenvalue weighted by atomic mass is 10.2. The van der Waals surface area contributed by atoms with Crippen molar-refractivity contribution in [2.75, 3.05) is 6.54 Å². The number of nitrogens with zero attached hydrogens (tertiary/aromatic N) is 1. The van der Waals surface area contributed by atoms with Crippen LogP contribution in [0.25, 0.3) is 0 Å². The number of imidazole rings is 1. The van der Waals surface area contributed by atoms with Crippen LogP contribution in [0, 0.1) is 0 Å². The number of hydrogen-bond donors (Lipinski definition) is 3. The Balaban J connectivity index is 2.83. The van der Waals surface area contributed by atoms with Gasteiger partial charge in [-0.3, -0.25) is 9.59 Å². The van der Waals surface area contributed by atoms with Crippen molar-refractivity contribution in [3.63, 3.8) is 0 Å². The molecular formula is C10H15N3O4. The van der Waals surface area contributed by atoms with E-state index in [4.69, 9.17) is 5.11 Å². The number of aliphatic carboxylic acids is 1. The lowest BCUT2D eigenvalue weighted by molar-refractivity contribution is -0.138. The number of hydrogen-bond acceptors (Lipinski definition) is 3. The molecule has 1 amide bonds. The molecule has 0 saturated carbocycles. The van der Waals surface area contributed by atoms with Gasteiger partial charge < -0.3 is 20.0 Å². The van der Waals surface area contributed by atoms with Gasteiger partial charge in [0.15, 0.2) is 0 Å². The second-order valence-electron chi connectivity index (χ2n) is 3.69. The highest BCUT2D eigenvalue weighted by Crippen LogP contribution is 2.08. The van der Waals surface area contributed by atoms with Crippen LogP contribution in [0.2, 0.25) is 0 Å². The van der Waals surface area contributed by atoms with Crippen LogP contribution in [-0.4, -0.2) is 44.4 Å². The van der Waals surface area contributed by atoms with Crippen molar-refractivity contribution >= 4 is 11.9 Å². The predicted octanol–water partition coefficient (Wildman–Crippen LogP) is 0.0283. The average molecular weight is 241 g/mol. The van der Waals surface area contributed by atoms with E-state index >= 15 is 0 Å². The van der Waals surface area contributed by atoms with Crippen molar-refractivity contribution in [3.8, 4) is 0 Å². The van der Waals surface area contributed by atoms with Crippen molar-refractivity contribution in [2.24, 2.45) is 0 Å². The summed E-state index contributed by atoms with van der Waals surface area (Å²) in [7, 11) is 0. The molecule has 1 unspecified atom stereocenters. The molecule has 94 valence electrons. The third-order valence-electron chi connectivity index (χ3n) is 2.43. The number of carboxylic acids is 1. The number of carbonyl (C=O) groups is 2. The smallest absolute Gasteiger partial charge is 0.323 e. The fourth-order valence-electron chi connectivity index (χ4n) is 1.62. The van der Waals surface area contributed by atoms with E-state index in [1.165, 1.54) is 11.1 Å². The lowest BCUT2D eigenvalue weighted by Crippen LogP contribution is -2.40. The molecular weight excluding hydrogens is 226 g/mol. The van der Waals surface area contributed by atoms with Gasteiger partial charge in [0.25, 0.3) is 5.91 Å². The van der Waals surface area contributed by atoms with Gasteiger partial charge in [-0.2, -0.15) is 0 Å². The van der Waals surface area contributed by atoms with Crippen molar-refractivity contribution in [1.29, 1.82) is 0 Å². The summed E-state index contributed by atoms with van der Waals surface area (Å²) in [5.41, 5.74) is -0.329. The largest absolute Gasteiger partial charge is 0.481 e. The number of aromatic nitrogens is 2. The number of amides is 1. The minimum Gasteiger partial charge on any atom is -0.481 e. The Morgan fingerprint density at radius 3 is 2.59 bits per heavy atom. The minimum absolute atomic E-state index is 0.131. The Labute approximate surface area is 97.5 Å². The third-order valence-corrected chi connectivity index (χ3v) is 2.43. The van der Waals surface area contributed by atoms with Crippen LogP contribution in [0.1, 0.15) is 30.8 Å². The van der Waals surface area contributed by atoms with Crippen LogP contribution < -0.4 is 5.69 Å². The van der Waals surface area contributed by atoms with Crippen molar-refractivity contribution in [3.05, 3.63) is 22.4 Å². The SMILES string of the molecule is CCN(C(=O)c1c[nH]c(=O)[nH]1)C(C)CC(=O)O. The maximum Gasteiger partial charge on any atom is 0.323 e. The molecule has 0 aliphatic heterocycles. The monoisotopic (exact) mass is 241 g/mol. The molecule has 0 aliphatic rings. The zero-order chi connectivity index (χ0) is 13.0. The number of H-pyrrole nitrogens is 2. The first kappa shape index (κ1) is 13.0. The molecule has 1 heterocycles. The fourth-order valence-corrected chi connectivity index (χ4v) is 1.62. The Morgan fingerprint density at radius 1 is 1.53 bits per heavy atom. The van der Waals surface area contributed by atoms with E-state index in [0.29, 0.717) is 6.54 Å². The maximum atomic E-state index is 12.0. The van der Waals surface area contributed by atoms with Gasteiger partial charge in [-0.1, -0.05) is 0 Å². The zero-order valence-electron chi connectivity index (χ0n) is 9.69. The molecule has 0 bridgehead atoms. The molecule has 0 fully saturated rings. The lowest BCUT2D eigenvalue weighted by Gasteiger charge is -2.26. The van der Waals surface area contributed by atoms with Gasteiger partial charge in [-0.15, -0.1) is 0 Å². The van der Waals surface area contributed by atoms with E-state index in [-0.39, 0.29) is 18.0 Å². The van der Waals surface area contributed by atoms with Gasteiger partial charge in [0, 0.05) is 18.8 Å². The van der Waals surface area contributed by atoms with Crippen LogP contribution in [0.5, 0.6) is 0 Å². The molecule has 1 aromatic rings. The number of aromatic amines is 2. The Bertz CT molecular complexity index is 462. The van der Waals surface area contributed by atoms with E-state index in [2.05, 4.69) is 9.97 Å². The number of nitrogens with one attached hydrogen (secondary N) is 2. The highest BCUT2D eigenvalue weighted by Gasteiger charge is 2.22. The molecule has 0 spiro atoms. The molecule has 0 aromatic carbocycles. The standard InChI is InChI=1S/C10H15N3O4/c1-3-13(6(2)4-8(14)15)9(16)7-5-11-10(17)12-7/h5-6H,3-4H2,1-2H3,(H,14,15)(H2,11,12,17). The summed E-state index contributed by atoms with van der Waals surface area (Å²) in [5.74, 6) is -1.36. The minimum atomic E-state index is -0.966. The quantitative estimate of drug-likeness (QED) is 0.676. The van der Waals surface area contributed by atoms with Crippen LogP contribution >= 0.6 is 0 Å². The molecule has 1 atom stereocenters. The van der Waals surface area contributed by atoms with Gasteiger partial charge in [-0.25, -0.2) is 4.79 Å². The predicted molar refractivity (Wildman–Crippen MR) is 59.8 cm³/mol.